The average molecular weight is 232 g/mol. The van der Waals surface area contributed by atoms with Crippen molar-refractivity contribution in [2.24, 2.45) is 5.84 Å². The molecule has 1 unspecified atom stereocenters. The Morgan fingerprint density at radius 1 is 1.29 bits per heavy atom. The summed E-state index contributed by atoms with van der Waals surface area (Å²) in [6, 6.07) is 8.16. The third-order valence-corrected chi connectivity index (χ3v) is 2.54. The summed E-state index contributed by atoms with van der Waals surface area (Å²) in [7, 11) is 0. The summed E-state index contributed by atoms with van der Waals surface area (Å²) < 4.78 is 13.5. The van der Waals surface area contributed by atoms with Gasteiger partial charge in [0.15, 0.2) is 0 Å². The van der Waals surface area contributed by atoms with E-state index in [-0.39, 0.29) is 11.9 Å². The van der Waals surface area contributed by atoms with E-state index in [4.69, 9.17) is 5.84 Å². The van der Waals surface area contributed by atoms with Crippen LogP contribution in [-0.2, 0) is 6.42 Å². The van der Waals surface area contributed by atoms with Crippen molar-refractivity contribution >= 4 is 0 Å². The Hall–Kier alpha value is -1.85. The number of nitrogens with one attached hydrogen (secondary N) is 1. The highest BCUT2D eigenvalue weighted by molar-refractivity contribution is 5.20. The van der Waals surface area contributed by atoms with Crippen molar-refractivity contribution in [3.05, 3.63) is 59.9 Å². The summed E-state index contributed by atoms with van der Waals surface area (Å²) in [6.07, 6.45) is 3.52. The zero-order valence-corrected chi connectivity index (χ0v) is 9.18. The first-order valence-electron chi connectivity index (χ1n) is 5.26. The van der Waals surface area contributed by atoms with E-state index in [0.29, 0.717) is 12.0 Å². The number of nitrogens with zero attached hydrogens (tertiary/aromatic N) is 2. The predicted molar refractivity (Wildman–Crippen MR) is 62.2 cm³/mol. The lowest BCUT2D eigenvalue weighted by Gasteiger charge is -2.15. The van der Waals surface area contributed by atoms with Gasteiger partial charge in [-0.15, -0.1) is 0 Å². The minimum Gasteiger partial charge on any atom is -0.271 e. The smallest absolute Gasteiger partial charge is 0.126 e. The summed E-state index contributed by atoms with van der Waals surface area (Å²) >= 11 is 0. The molecule has 0 aliphatic rings. The van der Waals surface area contributed by atoms with Gasteiger partial charge in [-0.1, -0.05) is 18.2 Å². The van der Waals surface area contributed by atoms with Crippen LogP contribution in [0.1, 0.15) is 17.3 Å². The monoisotopic (exact) mass is 232 g/mol. The number of aromatic nitrogens is 2. The molecular formula is C12H13FN4. The maximum absolute atomic E-state index is 13.5. The van der Waals surface area contributed by atoms with Crippen molar-refractivity contribution in [1.82, 2.24) is 15.4 Å². The summed E-state index contributed by atoms with van der Waals surface area (Å²) in [5.74, 6) is 5.24. The first-order chi connectivity index (χ1) is 8.31. The molecular weight excluding hydrogens is 219 g/mol. The molecule has 1 aromatic heterocycles. The van der Waals surface area contributed by atoms with E-state index < -0.39 is 0 Å². The molecule has 0 saturated heterocycles. The van der Waals surface area contributed by atoms with E-state index in [1.54, 1.807) is 30.5 Å². The lowest BCUT2D eigenvalue weighted by molar-refractivity contribution is 0.518. The summed E-state index contributed by atoms with van der Waals surface area (Å²) in [4.78, 5) is 7.93. The maximum Gasteiger partial charge on any atom is 0.126 e. The van der Waals surface area contributed by atoms with Gasteiger partial charge < -0.3 is 0 Å². The van der Waals surface area contributed by atoms with E-state index in [0.717, 1.165) is 5.69 Å². The molecule has 4 nitrogen and oxygen atoms in total. The highest BCUT2D eigenvalue weighted by Gasteiger charge is 2.13. The quantitative estimate of drug-likeness (QED) is 0.617. The Bertz CT molecular complexity index is 475. The molecule has 0 saturated carbocycles. The molecule has 1 aromatic carbocycles. The van der Waals surface area contributed by atoms with Gasteiger partial charge >= 0.3 is 0 Å². The van der Waals surface area contributed by atoms with Crippen molar-refractivity contribution in [2.45, 2.75) is 12.5 Å². The van der Waals surface area contributed by atoms with Crippen LogP contribution in [0.2, 0.25) is 0 Å². The van der Waals surface area contributed by atoms with Gasteiger partial charge in [0, 0.05) is 6.20 Å². The van der Waals surface area contributed by atoms with E-state index in [2.05, 4.69) is 15.4 Å². The Kier molecular flexibility index (Phi) is 3.74. The van der Waals surface area contributed by atoms with Gasteiger partial charge in [-0.05, 0) is 24.1 Å². The van der Waals surface area contributed by atoms with Gasteiger partial charge in [0.25, 0.3) is 0 Å². The van der Waals surface area contributed by atoms with E-state index in [1.807, 2.05) is 0 Å². The van der Waals surface area contributed by atoms with Crippen molar-refractivity contribution in [1.29, 1.82) is 0 Å². The largest absolute Gasteiger partial charge is 0.271 e. The first-order valence-corrected chi connectivity index (χ1v) is 5.26. The summed E-state index contributed by atoms with van der Waals surface area (Å²) in [5, 5.41) is 0. The fourth-order valence-corrected chi connectivity index (χ4v) is 1.64. The number of rotatable bonds is 4. The molecule has 0 aliphatic carbocycles. The van der Waals surface area contributed by atoms with Gasteiger partial charge in [0.2, 0.25) is 0 Å². The van der Waals surface area contributed by atoms with Crippen LogP contribution >= 0.6 is 0 Å². The molecule has 88 valence electrons. The Morgan fingerprint density at radius 2 is 2.12 bits per heavy atom. The molecule has 0 fully saturated rings. The maximum atomic E-state index is 13.5. The lowest BCUT2D eigenvalue weighted by Crippen LogP contribution is -2.30. The van der Waals surface area contributed by atoms with E-state index in [9.17, 15) is 4.39 Å². The fourth-order valence-electron chi connectivity index (χ4n) is 1.64. The molecule has 0 radical (unpaired) electrons. The number of hydrogen-bond acceptors (Lipinski definition) is 4. The molecule has 0 bridgehead atoms. The standard InChI is InChI=1S/C12H13FN4/c13-10-4-2-1-3-9(10)7-12(17-14)11-5-6-15-8-16-11/h1-6,8,12,17H,7,14H2. The molecule has 0 spiro atoms. The Morgan fingerprint density at radius 3 is 2.76 bits per heavy atom. The minimum absolute atomic E-state index is 0.227. The molecule has 0 amide bonds. The third kappa shape index (κ3) is 2.83. The highest BCUT2D eigenvalue weighted by atomic mass is 19.1. The van der Waals surface area contributed by atoms with Crippen LogP contribution in [0, 0.1) is 5.82 Å². The minimum atomic E-state index is -0.234. The number of nitrogens with two attached hydrogens (primary N) is 1. The number of hydrogen-bond donors (Lipinski definition) is 2. The van der Waals surface area contributed by atoms with E-state index in [1.165, 1.54) is 12.4 Å². The molecule has 0 aliphatic heterocycles. The lowest BCUT2D eigenvalue weighted by atomic mass is 10.0. The molecule has 2 rings (SSSR count). The highest BCUT2D eigenvalue weighted by Crippen LogP contribution is 2.17. The fraction of sp³-hybridized carbons (Fsp3) is 0.167. The first kappa shape index (κ1) is 11.6. The Labute approximate surface area is 98.7 Å². The summed E-state index contributed by atoms with van der Waals surface area (Å²) in [5.41, 5.74) is 3.98. The van der Waals surface area contributed by atoms with Crippen LogP contribution in [0.4, 0.5) is 4.39 Å². The van der Waals surface area contributed by atoms with Crippen LogP contribution in [-0.4, -0.2) is 9.97 Å². The molecule has 2 aromatic rings. The normalized spacial score (nSPS) is 12.4. The number of benzene rings is 1. The van der Waals surface area contributed by atoms with Crippen molar-refractivity contribution in [3.63, 3.8) is 0 Å². The molecule has 17 heavy (non-hydrogen) atoms. The zero-order valence-electron chi connectivity index (χ0n) is 9.18. The average Bonchev–Trinajstić information content (AvgIpc) is 2.39. The van der Waals surface area contributed by atoms with Gasteiger partial charge in [0.1, 0.15) is 12.1 Å². The van der Waals surface area contributed by atoms with Crippen molar-refractivity contribution in [2.75, 3.05) is 0 Å². The summed E-state index contributed by atoms with van der Waals surface area (Å²) in [6.45, 7) is 0. The topological polar surface area (TPSA) is 63.8 Å². The molecule has 1 atom stereocenters. The predicted octanol–water partition coefficient (Wildman–Crippen LogP) is 1.36. The number of halogens is 1. The van der Waals surface area contributed by atoms with Crippen molar-refractivity contribution < 1.29 is 4.39 Å². The van der Waals surface area contributed by atoms with Gasteiger partial charge in [-0.25, -0.2) is 14.4 Å². The van der Waals surface area contributed by atoms with Crippen LogP contribution in [0.15, 0.2) is 42.9 Å². The Balaban J connectivity index is 2.19. The third-order valence-electron chi connectivity index (χ3n) is 2.54. The van der Waals surface area contributed by atoms with Crippen LogP contribution in [0.25, 0.3) is 0 Å². The van der Waals surface area contributed by atoms with Crippen LogP contribution in [0.5, 0.6) is 0 Å². The molecule has 3 N–H and O–H groups in total. The molecule has 1 heterocycles. The van der Waals surface area contributed by atoms with Gasteiger partial charge in [0.05, 0.1) is 11.7 Å². The molecule has 5 heteroatoms. The second kappa shape index (κ2) is 5.47. The van der Waals surface area contributed by atoms with Gasteiger partial charge in [-0.2, -0.15) is 0 Å². The van der Waals surface area contributed by atoms with Crippen molar-refractivity contribution in [3.8, 4) is 0 Å². The second-order valence-electron chi connectivity index (χ2n) is 3.65. The SMILES string of the molecule is NNC(Cc1ccccc1F)c1ccncn1. The van der Waals surface area contributed by atoms with Gasteiger partial charge in [-0.3, -0.25) is 11.3 Å². The van der Waals surface area contributed by atoms with E-state index >= 15 is 0 Å². The number of hydrazine groups is 1. The van der Waals surface area contributed by atoms with Crippen LogP contribution in [0.3, 0.4) is 0 Å². The zero-order chi connectivity index (χ0) is 12.1. The van der Waals surface area contributed by atoms with Crippen LogP contribution < -0.4 is 11.3 Å². The second-order valence-corrected chi connectivity index (χ2v) is 3.65.